The molecule has 3 nitrogen and oxygen atoms in total. The number of halogens is 1. The number of aromatic nitrogens is 2. The van der Waals surface area contributed by atoms with Crippen LogP contribution in [0.4, 0.5) is 0 Å². The monoisotopic (exact) mass is 261 g/mol. The van der Waals surface area contributed by atoms with Crippen molar-refractivity contribution in [2.45, 2.75) is 18.9 Å². The molecule has 1 aromatic heterocycles. The normalized spacial score (nSPS) is 16.9. The lowest BCUT2D eigenvalue weighted by atomic mass is 10.1. The maximum Gasteiger partial charge on any atom is 0.0568 e. The maximum absolute atomic E-state index is 6.21. The number of hydrogen-bond donors (Lipinski definition) is 1. The zero-order valence-electron chi connectivity index (χ0n) is 10.1. The van der Waals surface area contributed by atoms with Crippen molar-refractivity contribution in [3.8, 4) is 11.1 Å². The Morgan fingerprint density at radius 2 is 2.00 bits per heavy atom. The van der Waals surface area contributed by atoms with Crippen LogP contribution in [0.1, 0.15) is 18.9 Å². The fourth-order valence-electron chi connectivity index (χ4n) is 2.44. The van der Waals surface area contributed by atoms with E-state index in [1.807, 2.05) is 30.5 Å². The highest BCUT2D eigenvalue weighted by atomic mass is 35.5. The Morgan fingerprint density at radius 3 is 2.78 bits per heavy atom. The number of rotatable bonds is 2. The van der Waals surface area contributed by atoms with Gasteiger partial charge in [0.15, 0.2) is 0 Å². The molecule has 0 bridgehead atoms. The first-order valence-electron chi connectivity index (χ1n) is 6.34. The van der Waals surface area contributed by atoms with Crippen LogP contribution < -0.4 is 5.32 Å². The van der Waals surface area contributed by atoms with E-state index in [1.54, 1.807) is 0 Å². The summed E-state index contributed by atoms with van der Waals surface area (Å²) in [6.45, 7) is 2.15. The van der Waals surface area contributed by atoms with Crippen LogP contribution in [-0.4, -0.2) is 22.9 Å². The van der Waals surface area contributed by atoms with Gasteiger partial charge < -0.3 is 5.32 Å². The first-order chi connectivity index (χ1) is 8.84. The number of piperidine rings is 1. The molecule has 4 heteroatoms. The van der Waals surface area contributed by atoms with E-state index < -0.39 is 0 Å². The summed E-state index contributed by atoms with van der Waals surface area (Å²) in [5.74, 6) is 0. The van der Waals surface area contributed by atoms with Gasteiger partial charge in [0.25, 0.3) is 0 Å². The average Bonchev–Trinajstić information content (AvgIpc) is 2.90. The molecular formula is C14H16ClN3. The van der Waals surface area contributed by atoms with Crippen LogP contribution >= 0.6 is 11.6 Å². The molecule has 1 aliphatic heterocycles. The predicted octanol–water partition coefficient (Wildman–Crippen LogP) is 3.13. The van der Waals surface area contributed by atoms with Crippen molar-refractivity contribution in [2.24, 2.45) is 0 Å². The number of hydrogen-bond acceptors (Lipinski definition) is 2. The highest BCUT2D eigenvalue weighted by molar-refractivity contribution is 6.33. The van der Waals surface area contributed by atoms with Crippen molar-refractivity contribution in [2.75, 3.05) is 13.1 Å². The molecule has 18 heavy (non-hydrogen) atoms. The molecule has 2 heterocycles. The summed E-state index contributed by atoms with van der Waals surface area (Å²) < 4.78 is 2.08. The lowest BCUT2D eigenvalue weighted by molar-refractivity contribution is 0.343. The van der Waals surface area contributed by atoms with Gasteiger partial charge in [-0.1, -0.05) is 29.8 Å². The molecule has 2 aromatic rings. The van der Waals surface area contributed by atoms with Crippen LogP contribution in [0.15, 0.2) is 36.7 Å². The van der Waals surface area contributed by atoms with E-state index in [4.69, 9.17) is 11.6 Å². The van der Waals surface area contributed by atoms with Crippen molar-refractivity contribution in [3.05, 3.63) is 41.7 Å². The Balaban J connectivity index is 1.87. The van der Waals surface area contributed by atoms with Gasteiger partial charge in [0.2, 0.25) is 0 Å². The molecule has 1 aliphatic rings. The second kappa shape index (κ2) is 5.12. The minimum absolute atomic E-state index is 0.516. The van der Waals surface area contributed by atoms with Crippen molar-refractivity contribution < 1.29 is 0 Å². The molecule has 0 radical (unpaired) electrons. The summed E-state index contributed by atoms with van der Waals surface area (Å²) >= 11 is 6.21. The second-order valence-corrected chi connectivity index (χ2v) is 5.08. The minimum Gasteiger partial charge on any atom is -0.317 e. The van der Waals surface area contributed by atoms with Gasteiger partial charge in [0, 0.05) is 22.3 Å². The summed E-state index contributed by atoms with van der Waals surface area (Å²) in [5.41, 5.74) is 2.15. The summed E-state index contributed by atoms with van der Waals surface area (Å²) in [6.07, 6.45) is 6.30. The lowest BCUT2D eigenvalue weighted by Crippen LogP contribution is -2.29. The Hall–Kier alpha value is -1.32. The molecular weight excluding hydrogens is 246 g/mol. The van der Waals surface area contributed by atoms with Gasteiger partial charge in [-0.15, -0.1) is 0 Å². The van der Waals surface area contributed by atoms with Crippen LogP contribution in [0.25, 0.3) is 11.1 Å². The SMILES string of the molecule is Clc1ccccc1-c1cnn(C2CCNCC2)c1. The van der Waals surface area contributed by atoms with Crippen LogP contribution in [-0.2, 0) is 0 Å². The van der Waals surface area contributed by atoms with E-state index >= 15 is 0 Å². The van der Waals surface area contributed by atoms with Gasteiger partial charge in [-0.25, -0.2) is 0 Å². The number of nitrogens with one attached hydrogen (secondary N) is 1. The van der Waals surface area contributed by atoms with E-state index in [1.165, 1.54) is 0 Å². The quantitative estimate of drug-likeness (QED) is 0.900. The molecule has 0 spiro atoms. The fourth-order valence-corrected chi connectivity index (χ4v) is 2.69. The van der Waals surface area contributed by atoms with E-state index in [2.05, 4.69) is 21.3 Å². The summed E-state index contributed by atoms with van der Waals surface area (Å²) in [4.78, 5) is 0. The largest absolute Gasteiger partial charge is 0.317 e. The third kappa shape index (κ3) is 2.28. The molecule has 1 saturated heterocycles. The Bertz CT molecular complexity index is 529. The molecule has 1 fully saturated rings. The molecule has 0 aliphatic carbocycles. The zero-order chi connectivity index (χ0) is 12.4. The number of benzene rings is 1. The van der Waals surface area contributed by atoms with E-state index in [0.29, 0.717) is 6.04 Å². The van der Waals surface area contributed by atoms with E-state index in [0.717, 1.165) is 42.1 Å². The lowest BCUT2D eigenvalue weighted by Gasteiger charge is -2.22. The topological polar surface area (TPSA) is 29.9 Å². The molecule has 0 unspecified atom stereocenters. The maximum atomic E-state index is 6.21. The van der Waals surface area contributed by atoms with Crippen LogP contribution in [0.3, 0.4) is 0 Å². The van der Waals surface area contributed by atoms with Crippen molar-refractivity contribution in [1.82, 2.24) is 15.1 Å². The fraction of sp³-hybridized carbons (Fsp3) is 0.357. The molecule has 0 saturated carbocycles. The van der Waals surface area contributed by atoms with Crippen molar-refractivity contribution in [3.63, 3.8) is 0 Å². The summed E-state index contributed by atoms with van der Waals surface area (Å²) in [6, 6.07) is 8.42. The Kier molecular flexibility index (Phi) is 3.35. The standard InChI is InChI=1S/C14H16ClN3/c15-14-4-2-1-3-13(14)11-9-17-18(10-11)12-5-7-16-8-6-12/h1-4,9-10,12,16H,5-8H2. The summed E-state index contributed by atoms with van der Waals surface area (Å²) in [5, 5.41) is 8.64. The van der Waals surface area contributed by atoms with Gasteiger partial charge in [-0.05, 0) is 32.0 Å². The molecule has 1 N–H and O–H groups in total. The van der Waals surface area contributed by atoms with Crippen LogP contribution in [0.2, 0.25) is 5.02 Å². The highest BCUT2D eigenvalue weighted by Crippen LogP contribution is 2.28. The first kappa shape index (κ1) is 11.8. The second-order valence-electron chi connectivity index (χ2n) is 4.67. The van der Waals surface area contributed by atoms with Crippen LogP contribution in [0, 0.1) is 0 Å². The van der Waals surface area contributed by atoms with Crippen LogP contribution in [0.5, 0.6) is 0 Å². The minimum atomic E-state index is 0.516. The third-order valence-electron chi connectivity index (χ3n) is 3.47. The highest BCUT2D eigenvalue weighted by Gasteiger charge is 2.16. The average molecular weight is 262 g/mol. The van der Waals surface area contributed by atoms with Gasteiger partial charge in [0.1, 0.15) is 0 Å². The zero-order valence-corrected chi connectivity index (χ0v) is 10.9. The van der Waals surface area contributed by atoms with Crippen molar-refractivity contribution >= 4 is 11.6 Å². The molecule has 0 atom stereocenters. The Morgan fingerprint density at radius 1 is 1.22 bits per heavy atom. The van der Waals surface area contributed by atoms with E-state index in [-0.39, 0.29) is 0 Å². The van der Waals surface area contributed by atoms with Gasteiger partial charge in [0.05, 0.1) is 12.2 Å². The summed E-state index contributed by atoms with van der Waals surface area (Å²) in [7, 11) is 0. The van der Waals surface area contributed by atoms with E-state index in [9.17, 15) is 0 Å². The van der Waals surface area contributed by atoms with Crippen molar-refractivity contribution in [1.29, 1.82) is 0 Å². The molecule has 0 amide bonds. The predicted molar refractivity (Wildman–Crippen MR) is 73.8 cm³/mol. The molecule has 3 rings (SSSR count). The van der Waals surface area contributed by atoms with Gasteiger partial charge >= 0.3 is 0 Å². The first-order valence-corrected chi connectivity index (χ1v) is 6.72. The molecule has 1 aromatic carbocycles. The van der Waals surface area contributed by atoms with Gasteiger partial charge in [-0.3, -0.25) is 4.68 Å². The number of nitrogens with zero attached hydrogens (tertiary/aromatic N) is 2. The smallest absolute Gasteiger partial charge is 0.0568 e. The van der Waals surface area contributed by atoms with Gasteiger partial charge in [-0.2, -0.15) is 5.10 Å². The molecule has 94 valence electrons. The third-order valence-corrected chi connectivity index (χ3v) is 3.80. The Labute approximate surface area is 112 Å².